The van der Waals surface area contributed by atoms with Crippen LogP contribution in [0.25, 0.3) is 10.9 Å². The summed E-state index contributed by atoms with van der Waals surface area (Å²) in [6.07, 6.45) is 0.329. The number of benzene rings is 2. The highest BCUT2D eigenvalue weighted by Gasteiger charge is 2.33. The first-order chi connectivity index (χ1) is 23.2. The van der Waals surface area contributed by atoms with Crippen LogP contribution in [0, 0.1) is 5.82 Å². The summed E-state index contributed by atoms with van der Waals surface area (Å²) >= 11 is 0. The van der Waals surface area contributed by atoms with Crippen LogP contribution in [0.1, 0.15) is 54.7 Å². The van der Waals surface area contributed by atoms with Crippen LogP contribution in [0.4, 0.5) is 9.18 Å². The standard InChI is InChI=1S/C34H38FN5O8/c1-2-47-34(46)39-18-16-38(17-19-39)33(45)26(13-14-31(42)43)37-32(44)27-20-29(23-9-4-6-11-25(23)36-27)48-21-30(41)40-15-7-12-28(40)22-8-3-5-10-24(22)35/h3-6,8-11,20,26,28H,2,7,12-19,21H2,1H3,(H,37,44)(H,42,43)/t26-,28?/m0/s1. The number of aliphatic carboxylic acids is 1. The van der Waals surface area contributed by atoms with Crippen LogP contribution in [-0.2, 0) is 19.1 Å². The molecule has 5 rings (SSSR count). The van der Waals surface area contributed by atoms with Gasteiger partial charge in [0.1, 0.15) is 23.3 Å². The molecule has 14 heteroatoms. The first kappa shape index (κ1) is 34.1. The predicted octanol–water partition coefficient (Wildman–Crippen LogP) is 3.38. The minimum Gasteiger partial charge on any atom is -0.483 e. The van der Waals surface area contributed by atoms with E-state index in [2.05, 4.69) is 10.3 Å². The zero-order valence-corrected chi connectivity index (χ0v) is 26.6. The lowest BCUT2D eigenvalue weighted by Gasteiger charge is -2.35. The monoisotopic (exact) mass is 663 g/mol. The molecule has 1 aromatic heterocycles. The Labute approximate surface area is 276 Å². The number of fused-ring (bicyclic) bond motifs is 1. The zero-order valence-electron chi connectivity index (χ0n) is 26.6. The summed E-state index contributed by atoms with van der Waals surface area (Å²) in [4.78, 5) is 72.8. The number of hydrogen-bond donors (Lipinski definition) is 2. The van der Waals surface area contributed by atoms with Crippen molar-refractivity contribution < 1.29 is 42.9 Å². The Kier molecular flexibility index (Phi) is 11.0. The van der Waals surface area contributed by atoms with Gasteiger partial charge in [0.2, 0.25) is 5.91 Å². The van der Waals surface area contributed by atoms with Gasteiger partial charge in [-0.05, 0) is 44.4 Å². The van der Waals surface area contributed by atoms with Crippen LogP contribution in [0.15, 0.2) is 54.6 Å². The Morgan fingerprint density at radius 2 is 1.71 bits per heavy atom. The lowest BCUT2D eigenvalue weighted by Crippen LogP contribution is -2.56. The maximum absolute atomic E-state index is 14.5. The fourth-order valence-corrected chi connectivity index (χ4v) is 6.04. The van der Waals surface area contributed by atoms with Gasteiger partial charge in [0, 0.05) is 56.2 Å². The lowest BCUT2D eigenvalue weighted by molar-refractivity contribution is -0.138. The number of carbonyl (C=O) groups is 5. The maximum Gasteiger partial charge on any atom is 0.409 e. The van der Waals surface area contributed by atoms with E-state index in [0.717, 1.165) is 6.42 Å². The molecule has 2 atom stereocenters. The number of hydrogen-bond acceptors (Lipinski definition) is 8. The van der Waals surface area contributed by atoms with E-state index in [4.69, 9.17) is 9.47 Å². The minimum absolute atomic E-state index is 0.0955. The normalized spacial score (nSPS) is 16.8. The molecule has 2 N–H and O–H groups in total. The van der Waals surface area contributed by atoms with Crippen molar-refractivity contribution in [1.82, 2.24) is 25.0 Å². The average Bonchev–Trinajstić information content (AvgIpc) is 3.58. The molecule has 0 spiro atoms. The van der Waals surface area contributed by atoms with Gasteiger partial charge in [0.05, 0.1) is 18.2 Å². The van der Waals surface area contributed by atoms with Crippen LogP contribution in [0.5, 0.6) is 5.75 Å². The SMILES string of the molecule is CCOC(=O)N1CCN(C(=O)[C@H](CCC(=O)O)NC(=O)c2cc(OCC(=O)N3CCCC3c3ccccc3F)c3ccccc3n2)CC1. The van der Waals surface area contributed by atoms with E-state index < -0.39 is 36.0 Å². The number of nitrogens with zero attached hydrogens (tertiary/aromatic N) is 4. The summed E-state index contributed by atoms with van der Waals surface area (Å²) < 4.78 is 25.5. The molecule has 13 nitrogen and oxygen atoms in total. The molecule has 0 aliphatic carbocycles. The third kappa shape index (κ3) is 7.99. The molecular weight excluding hydrogens is 625 g/mol. The number of piperazine rings is 1. The van der Waals surface area contributed by atoms with Crippen molar-refractivity contribution in [1.29, 1.82) is 0 Å². The third-order valence-electron chi connectivity index (χ3n) is 8.47. The van der Waals surface area contributed by atoms with Crippen LogP contribution < -0.4 is 10.1 Å². The number of amides is 4. The number of rotatable bonds is 11. The third-order valence-corrected chi connectivity index (χ3v) is 8.47. The molecule has 48 heavy (non-hydrogen) atoms. The molecule has 2 aromatic carbocycles. The summed E-state index contributed by atoms with van der Waals surface area (Å²) in [6, 6.07) is 13.1. The van der Waals surface area contributed by atoms with E-state index in [1.54, 1.807) is 54.3 Å². The first-order valence-electron chi connectivity index (χ1n) is 16.0. The van der Waals surface area contributed by atoms with Gasteiger partial charge >= 0.3 is 12.1 Å². The molecule has 0 radical (unpaired) electrons. The largest absolute Gasteiger partial charge is 0.483 e. The number of para-hydroxylation sites is 1. The number of ether oxygens (including phenoxy) is 2. The van der Waals surface area contributed by atoms with Crippen molar-refractivity contribution in [3.63, 3.8) is 0 Å². The van der Waals surface area contributed by atoms with Crippen molar-refractivity contribution in [2.45, 2.75) is 44.7 Å². The number of halogens is 1. The zero-order chi connectivity index (χ0) is 34.2. The Balaban J connectivity index is 1.30. The van der Waals surface area contributed by atoms with Crippen molar-refractivity contribution in [3.05, 3.63) is 71.7 Å². The van der Waals surface area contributed by atoms with E-state index in [1.807, 2.05) is 0 Å². The fourth-order valence-electron chi connectivity index (χ4n) is 6.04. The van der Waals surface area contributed by atoms with Crippen LogP contribution in [0.3, 0.4) is 0 Å². The van der Waals surface area contributed by atoms with Gasteiger partial charge in [-0.15, -0.1) is 0 Å². The topological polar surface area (TPSA) is 159 Å². The van der Waals surface area contributed by atoms with Crippen molar-refractivity contribution in [3.8, 4) is 5.75 Å². The fraction of sp³-hybridized carbons (Fsp3) is 0.412. The molecule has 2 aliphatic rings. The minimum atomic E-state index is -1.17. The Hall–Kier alpha value is -5.27. The van der Waals surface area contributed by atoms with Crippen molar-refractivity contribution in [2.24, 2.45) is 0 Å². The Morgan fingerprint density at radius 1 is 1.00 bits per heavy atom. The first-order valence-corrected chi connectivity index (χ1v) is 16.0. The van der Waals surface area contributed by atoms with Gasteiger partial charge < -0.3 is 34.6 Å². The number of likely N-dealkylation sites (tertiary alicyclic amines) is 1. The predicted molar refractivity (Wildman–Crippen MR) is 171 cm³/mol. The lowest BCUT2D eigenvalue weighted by atomic mass is 10.0. The summed E-state index contributed by atoms with van der Waals surface area (Å²) in [5, 5.41) is 12.5. The van der Waals surface area contributed by atoms with E-state index >= 15 is 0 Å². The molecular formula is C34H38FN5O8. The molecule has 1 unspecified atom stereocenters. The highest BCUT2D eigenvalue weighted by molar-refractivity contribution is 5.99. The second-order valence-corrected chi connectivity index (χ2v) is 11.5. The molecule has 2 saturated heterocycles. The number of carbonyl (C=O) groups excluding carboxylic acids is 4. The molecule has 2 fully saturated rings. The average molecular weight is 664 g/mol. The van der Waals surface area contributed by atoms with Gasteiger partial charge in [-0.1, -0.05) is 30.3 Å². The van der Waals surface area contributed by atoms with Crippen LogP contribution in [-0.4, -0.2) is 107 Å². The van der Waals surface area contributed by atoms with E-state index in [-0.39, 0.29) is 75.4 Å². The summed E-state index contributed by atoms with van der Waals surface area (Å²) in [6.45, 7) is 2.85. The Bertz CT molecular complexity index is 1680. The highest BCUT2D eigenvalue weighted by Crippen LogP contribution is 2.34. The van der Waals surface area contributed by atoms with Crippen LogP contribution in [0.2, 0.25) is 0 Å². The molecule has 4 amide bonds. The second kappa shape index (κ2) is 15.5. The Morgan fingerprint density at radius 3 is 2.44 bits per heavy atom. The number of nitrogens with one attached hydrogen (secondary N) is 1. The summed E-state index contributed by atoms with van der Waals surface area (Å²) in [5.41, 5.74) is 0.757. The number of pyridine rings is 1. The van der Waals surface area contributed by atoms with Gasteiger partial charge in [0.15, 0.2) is 6.61 Å². The smallest absolute Gasteiger partial charge is 0.409 e. The maximum atomic E-state index is 14.5. The highest BCUT2D eigenvalue weighted by atomic mass is 19.1. The molecule has 3 heterocycles. The quantitative estimate of drug-likeness (QED) is 0.314. The van der Waals surface area contributed by atoms with E-state index in [0.29, 0.717) is 29.4 Å². The summed E-state index contributed by atoms with van der Waals surface area (Å²) in [5.74, 6) is -2.85. The molecule has 3 aromatic rings. The second-order valence-electron chi connectivity index (χ2n) is 11.5. The summed E-state index contributed by atoms with van der Waals surface area (Å²) in [7, 11) is 0. The van der Waals surface area contributed by atoms with Crippen molar-refractivity contribution in [2.75, 3.05) is 45.9 Å². The number of aromatic nitrogens is 1. The molecule has 0 saturated carbocycles. The molecule has 0 bridgehead atoms. The van der Waals surface area contributed by atoms with Gasteiger partial charge in [-0.25, -0.2) is 14.2 Å². The number of carboxylic acids is 1. The van der Waals surface area contributed by atoms with Gasteiger partial charge in [-0.3, -0.25) is 19.2 Å². The van der Waals surface area contributed by atoms with Gasteiger partial charge in [-0.2, -0.15) is 0 Å². The van der Waals surface area contributed by atoms with Crippen LogP contribution >= 0.6 is 0 Å². The van der Waals surface area contributed by atoms with Gasteiger partial charge in [0.25, 0.3) is 11.8 Å². The number of carboxylic acid groups (broad SMARTS) is 1. The van der Waals surface area contributed by atoms with E-state index in [9.17, 15) is 33.5 Å². The molecule has 254 valence electrons. The molecule has 2 aliphatic heterocycles. The van der Waals surface area contributed by atoms with E-state index in [1.165, 1.54) is 21.9 Å². The van der Waals surface area contributed by atoms with Crippen molar-refractivity contribution >= 4 is 40.7 Å².